The van der Waals surface area contributed by atoms with E-state index in [0.29, 0.717) is 0 Å². The van der Waals surface area contributed by atoms with E-state index in [1.165, 1.54) is 18.2 Å². The molecule has 17 N–H and O–H groups in total. The zero-order valence-electron chi connectivity index (χ0n) is 23.4. The van der Waals surface area contributed by atoms with Crippen molar-refractivity contribution < 1.29 is 69.3 Å². The van der Waals surface area contributed by atoms with Crippen LogP contribution in [0.4, 0.5) is 11.4 Å². The van der Waals surface area contributed by atoms with Crippen LogP contribution in [0.5, 0.6) is 0 Å². The number of hydrogen-bond donors (Lipinski definition) is 13. The van der Waals surface area contributed by atoms with Crippen molar-refractivity contribution in [2.75, 3.05) is 31.3 Å². The molecule has 0 saturated carbocycles. The van der Waals surface area contributed by atoms with Gasteiger partial charge in [0, 0.05) is 5.56 Å². The van der Waals surface area contributed by atoms with Crippen molar-refractivity contribution >= 4 is 17.3 Å². The molecule has 3 aliphatic rings. The normalized spacial score (nSPS) is 43.0. The Hall–Kier alpha value is -2.31. The van der Waals surface area contributed by atoms with Crippen LogP contribution < -0.4 is 28.3 Å². The number of nitrogen functional groups attached to an aromatic ring is 2. The first-order valence-corrected chi connectivity index (χ1v) is 13.8. The van der Waals surface area contributed by atoms with E-state index in [9.17, 15) is 45.6 Å². The Morgan fingerprint density at radius 2 is 1.30 bits per heavy atom. The summed E-state index contributed by atoms with van der Waals surface area (Å²) in [5.74, 6) is -0.796. The molecule has 2 unspecified atom stereocenters. The van der Waals surface area contributed by atoms with Gasteiger partial charge in [-0.2, -0.15) is 0 Å². The second-order valence-corrected chi connectivity index (χ2v) is 10.9. The number of aliphatic hydroxyl groups is 8. The van der Waals surface area contributed by atoms with Crippen molar-refractivity contribution in [3.63, 3.8) is 0 Å². The molecule has 0 bridgehead atoms. The summed E-state index contributed by atoms with van der Waals surface area (Å²) in [6.07, 6.45) is -18.5. The largest absolute Gasteiger partial charge is 0.397 e. The van der Waals surface area contributed by atoms with Gasteiger partial charge in [0.2, 0.25) is 0 Å². The number of carbonyl (C=O) groups is 1. The van der Waals surface area contributed by atoms with Gasteiger partial charge in [-0.25, -0.2) is 0 Å². The van der Waals surface area contributed by atoms with E-state index in [2.05, 4.69) is 5.32 Å². The summed E-state index contributed by atoms with van der Waals surface area (Å²) >= 11 is 0. The molecule has 44 heavy (non-hydrogen) atoms. The van der Waals surface area contributed by atoms with E-state index < -0.39 is 118 Å². The van der Waals surface area contributed by atoms with E-state index in [-0.39, 0.29) is 16.9 Å². The van der Waals surface area contributed by atoms with E-state index in [1.54, 1.807) is 0 Å². The molecule has 0 aliphatic carbocycles. The third-order valence-corrected chi connectivity index (χ3v) is 7.93. The standard InChI is InChI=1S/C25H41N5O14/c26-8-2-1-7(3-9(8)27)22(38)30-15-19(37)21(43-24-14(29)17(35)16(34)10(4-31)41-24)12(6-33)42-25(15)44-20-11(5-32)40-23(39)13(28)18(20)36/h1-3,10-21,23-25,31-37,39H,4-6,26-29H2,(H,30,38)/t10-,11-,12-,13-,14-,15-,16-,17-,18-,19-,20?,21?,23-,24+,25+/m1/s1. The lowest BCUT2D eigenvalue weighted by molar-refractivity contribution is -0.349. The van der Waals surface area contributed by atoms with E-state index >= 15 is 0 Å². The topological polar surface area (TPSA) is 341 Å². The minimum atomic E-state index is -1.79. The monoisotopic (exact) mass is 635 g/mol. The Morgan fingerprint density at radius 1 is 0.727 bits per heavy atom. The van der Waals surface area contributed by atoms with Crippen molar-refractivity contribution in [1.29, 1.82) is 0 Å². The van der Waals surface area contributed by atoms with E-state index in [4.69, 9.17) is 46.6 Å². The molecule has 1 aromatic carbocycles. The molecule has 250 valence electrons. The van der Waals surface area contributed by atoms with Gasteiger partial charge >= 0.3 is 0 Å². The quantitative estimate of drug-likeness (QED) is 0.112. The number of amides is 1. The minimum Gasteiger partial charge on any atom is -0.397 e. The molecule has 3 saturated heterocycles. The van der Waals surface area contributed by atoms with Crippen molar-refractivity contribution in [3.8, 4) is 0 Å². The molecule has 0 spiro atoms. The first kappa shape index (κ1) is 34.6. The van der Waals surface area contributed by atoms with Crippen LogP contribution in [0.2, 0.25) is 0 Å². The number of rotatable bonds is 9. The van der Waals surface area contributed by atoms with Crippen molar-refractivity contribution in [2.45, 2.75) is 91.9 Å². The molecule has 19 heteroatoms. The van der Waals surface area contributed by atoms with E-state index in [1.807, 2.05) is 0 Å². The zero-order valence-corrected chi connectivity index (χ0v) is 23.4. The Bertz CT molecular complexity index is 1120. The number of hydrogen-bond acceptors (Lipinski definition) is 18. The van der Waals surface area contributed by atoms with Crippen LogP contribution in [0, 0.1) is 0 Å². The average molecular weight is 636 g/mol. The Balaban J connectivity index is 1.64. The maximum Gasteiger partial charge on any atom is 0.251 e. The molecule has 0 aromatic heterocycles. The summed E-state index contributed by atoms with van der Waals surface area (Å²) < 4.78 is 28.3. The Labute approximate surface area is 250 Å². The first-order chi connectivity index (χ1) is 20.8. The summed E-state index contributed by atoms with van der Waals surface area (Å²) in [5.41, 5.74) is 23.7. The molecular weight excluding hydrogens is 594 g/mol. The number of aliphatic hydroxyl groups excluding tert-OH is 8. The predicted octanol–water partition coefficient (Wildman–Crippen LogP) is -7.04. The summed E-state index contributed by atoms with van der Waals surface area (Å²) in [7, 11) is 0. The lowest BCUT2D eigenvalue weighted by Gasteiger charge is -2.49. The van der Waals surface area contributed by atoms with Gasteiger partial charge in [0.25, 0.3) is 5.91 Å². The number of carbonyl (C=O) groups excluding carboxylic acids is 1. The van der Waals surface area contributed by atoms with Gasteiger partial charge < -0.3 is 92.8 Å². The van der Waals surface area contributed by atoms with Gasteiger partial charge in [-0.15, -0.1) is 0 Å². The minimum absolute atomic E-state index is 0.0179. The average Bonchev–Trinajstić information content (AvgIpc) is 3.01. The van der Waals surface area contributed by atoms with Crippen LogP contribution in [0.3, 0.4) is 0 Å². The van der Waals surface area contributed by atoms with Gasteiger partial charge in [-0.05, 0) is 18.2 Å². The molecule has 4 rings (SSSR count). The second-order valence-electron chi connectivity index (χ2n) is 10.9. The highest BCUT2D eigenvalue weighted by Crippen LogP contribution is 2.32. The van der Waals surface area contributed by atoms with Crippen LogP contribution in [0.1, 0.15) is 10.4 Å². The highest BCUT2D eigenvalue weighted by Gasteiger charge is 2.53. The number of ether oxygens (including phenoxy) is 5. The van der Waals surface area contributed by atoms with Gasteiger partial charge in [0.1, 0.15) is 61.0 Å². The van der Waals surface area contributed by atoms with Gasteiger partial charge in [0.05, 0.1) is 43.3 Å². The number of nitrogens with one attached hydrogen (secondary N) is 1. The van der Waals surface area contributed by atoms with Crippen LogP contribution in [0.25, 0.3) is 0 Å². The summed E-state index contributed by atoms with van der Waals surface area (Å²) in [4.78, 5) is 13.3. The lowest BCUT2D eigenvalue weighted by Crippen LogP contribution is -2.70. The van der Waals surface area contributed by atoms with Gasteiger partial charge in [-0.3, -0.25) is 4.79 Å². The molecule has 1 amide bonds. The van der Waals surface area contributed by atoms with Crippen LogP contribution in [-0.2, 0) is 23.7 Å². The molecular formula is C25H41N5O14. The molecule has 19 nitrogen and oxygen atoms in total. The SMILES string of the molecule is Nc1ccc(C(=O)N[C@H]2[C@H](OC3[C@@H](CO)O[C@@H](O)[C@H](N)[C@H]3O)O[C@H](CO)C(O[C@@H]3O[C@H](CO)[C@@H](O)[C@H](O)[C@H]3N)[C@@H]2O)cc1N. The van der Waals surface area contributed by atoms with Crippen LogP contribution in [-0.4, -0.2) is 159 Å². The third-order valence-electron chi connectivity index (χ3n) is 7.93. The molecule has 3 aliphatic heterocycles. The van der Waals surface area contributed by atoms with Crippen LogP contribution in [0.15, 0.2) is 18.2 Å². The molecule has 1 aromatic rings. The van der Waals surface area contributed by atoms with E-state index in [0.717, 1.165) is 0 Å². The second kappa shape index (κ2) is 14.4. The van der Waals surface area contributed by atoms with Crippen molar-refractivity contribution in [2.24, 2.45) is 11.5 Å². The van der Waals surface area contributed by atoms with Gasteiger partial charge in [-0.1, -0.05) is 0 Å². The van der Waals surface area contributed by atoms with Crippen molar-refractivity contribution in [3.05, 3.63) is 23.8 Å². The zero-order chi connectivity index (χ0) is 32.5. The highest BCUT2D eigenvalue weighted by atomic mass is 16.7. The summed E-state index contributed by atoms with van der Waals surface area (Å²) in [6, 6.07) is -0.293. The Kier molecular flexibility index (Phi) is 11.3. The fourth-order valence-electron chi connectivity index (χ4n) is 5.26. The summed E-state index contributed by atoms with van der Waals surface area (Å²) in [6.45, 7) is -2.26. The molecule has 3 fully saturated rings. The number of anilines is 2. The fourth-order valence-corrected chi connectivity index (χ4v) is 5.26. The summed E-state index contributed by atoms with van der Waals surface area (Å²) in [5, 5.41) is 84.8. The molecule has 15 atom stereocenters. The third kappa shape index (κ3) is 6.92. The Morgan fingerprint density at radius 3 is 1.91 bits per heavy atom. The maximum atomic E-state index is 13.3. The smallest absolute Gasteiger partial charge is 0.251 e. The predicted molar refractivity (Wildman–Crippen MR) is 146 cm³/mol. The van der Waals surface area contributed by atoms with Crippen LogP contribution >= 0.6 is 0 Å². The first-order valence-electron chi connectivity index (χ1n) is 13.8. The fraction of sp³-hybridized carbons (Fsp3) is 0.720. The maximum absolute atomic E-state index is 13.3. The van der Waals surface area contributed by atoms with Crippen molar-refractivity contribution in [1.82, 2.24) is 5.32 Å². The molecule has 3 heterocycles. The van der Waals surface area contributed by atoms with Gasteiger partial charge in [0.15, 0.2) is 18.9 Å². The number of benzene rings is 1. The lowest BCUT2D eigenvalue weighted by atomic mass is 9.94. The number of nitrogens with two attached hydrogens (primary N) is 4. The highest BCUT2D eigenvalue weighted by molar-refractivity contribution is 5.96. The molecule has 0 radical (unpaired) electrons.